The van der Waals surface area contributed by atoms with Gasteiger partial charge in [0.1, 0.15) is 0 Å². The van der Waals surface area contributed by atoms with Crippen LogP contribution in [-0.4, -0.2) is 6.54 Å². The molecule has 0 aliphatic carbocycles. The SMILES string of the molecule is Cc1ccc(C(C)(C)CNc2ccc(Br)cc2N)cc1. The van der Waals surface area contributed by atoms with Crippen molar-refractivity contribution in [1.82, 2.24) is 0 Å². The molecule has 0 saturated carbocycles. The number of nitrogens with two attached hydrogens (primary N) is 1. The molecule has 0 heterocycles. The fourth-order valence-corrected chi connectivity index (χ4v) is 2.50. The maximum Gasteiger partial charge on any atom is 0.0575 e. The molecule has 0 aliphatic heterocycles. The third-order valence-corrected chi connectivity index (χ3v) is 4.06. The molecule has 3 heteroatoms. The summed E-state index contributed by atoms with van der Waals surface area (Å²) in [6.45, 7) is 7.42. The smallest absolute Gasteiger partial charge is 0.0575 e. The molecule has 2 aromatic rings. The predicted molar refractivity (Wildman–Crippen MR) is 91.2 cm³/mol. The van der Waals surface area contributed by atoms with Crippen LogP contribution in [0.2, 0.25) is 0 Å². The summed E-state index contributed by atoms with van der Waals surface area (Å²) >= 11 is 3.42. The van der Waals surface area contributed by atoms with E-state index in [9.17, 15) is 0 Å². The number of nitrogens with one attached hydrogen (secondary N) is 1. The van der Waals surface area contributed by atoms with E-state index in [-0.39, 0.29) is 5.41 Å². The lowest BCUT2D eigenvalue weighted by Gasteiger charge is -2.27. The zero-order valence-electron chi connectivity index (χ0n) is 12.2. The van der Waals surface area contributed by atoms with Crippen molar-refractivity contribution in [2.45, 2.75) is 26.2 Å². The predicted octanol–water partition coefficient (Wildman–Crippen LogP) is 4.73. The van der Waals surface area contributed by atoms with E-state index in [4.69, 9.17) is 5.73 Å². The van der Waals surface area contributed by atoms with Crippen LogP contribution < -0.4 is 11.1 Å². The van der Waals surface area contributed by atoms with Crippen molar-refractivity contribution in [2.75, 3.05) is 17.6 Å². The van der Waals surface area contributed by atoms with Crippen LogP contribution >= 0.6 is 15.9 Å². The van der Waals surface area contributed by atoms with Gasteiger partial charge in [0.25, 0.3) is 0 Å². The zero-order valence-corrected chi connectivity index (χ0v) is 13.8. The van der Waals surface area contributed by atoms with E-state index in [0.29, 0.717) is 0 Å². The number of nitrogen functional groups attached to an aromatic ring is 1. The van der Waals surface area contributed by atoms with E-state index in [1.807, 2.05) is 18.2 Å². The number of hydrogen-bond donors (Lipinski definition) is 2. The Bertz CT molecular complexity index is 588. The number of hydrogen-bond acceptors (Lipinski definition) is 2. The van der Waals surface area contributed by atoms with Gasteiger partial charge >= 0.3 is 0 Å². The van der Waals surface area contributed by atoms with Crippen LogP contribution in [0.25, 0.3) is 0 Å². The first kappa shape index (κ1) is 14.9. The van der Waals surface area contributed by atoms with Gasteiger partial charge in [-0.3, -0.25) is 0 Å². The van der Waals surface area contributed by atoms with Crippen molar-refractivity contribution >= 4 is 27.3 Å². The van der Waals surface area contributed by atoms with Crippen molar-refractivity contribution in [3.05, 3.63) is 58.1 Å². The molecular formula is C17H21BrN2. The minimum Gasteiger partial charge on any atom is -0.397 e. The highest BCUT2D eigenvalue weighted by Crippen LogP contribution is 2.27. The first-order chi connectivity index (χ1) is 9.38. The average molecular weight is 333 g/mol. The van der Waals surface area contributed by atoms with Crippen LogP contribution in [0.5, 0.6) is 0 Å². The monoisotopic (exact) mass is 332 g/mol. The highest BCUT2D eigenvalue weighted by Gasteiger charge is 2.20. The van der Waals surface area contributed by atoms with Gasteiger partial charge in [-0.2, -0.15) is 0 Å². The summed E-state index contributed by atoms with van der Waals surface area (Å²) in [5.74, 6) is 0. The normalized spacial score (nSPS) is 11.4. The van der Waals surface area contributed by atoms with Gasteiger partial charge in [0.15, 0.2) is 0 Å². The molecule has 20 heavy (non-hydrogen) atoms. The van der Waals surface area contributed by atoms with Gasteiger partial charge in [0, 0.05) is 16.4 Å². The summed E-state index contributed by atoms with van der Waals surface area (Å²) in [6, 6.07) is 14.6. The molecule has 2 aromatic carbocycles. The topological polar surface area (TPSA) is 38.0 Å². The molecule has 0 aliphatic rings. The van der Waals surface area contributed by atoms with Crippen molar-refractivity contribution in [1.29, 1.82) is 0 Å². The summed E-state index contributed by atoms with van der Waals surface area (Å²) in [5, 5.41) is 3.45. The third kappa shape index (κ3) is 3.54. The number of halogens is 1. The van der Waals surface area contributed by atoms with Gasteiger partial charge in [-0.15, -0.1) is 0 Å². The Hall–Kier alpha value is -1.48. The molecule has 2 rings (SSSR count). The summed E-state index contributed by atoms with van der Waals surface area (Å²) in [5.41, 5.74) is 10.4. The number of rotatable bonds is 4. The second-order valence-electron chi connectivity index (χ2n) is 5.84. The molecule has 106 valence electrons. The van der Waals surface area contributed by atoms with Crippen LogP contribution in [0.15, 0.2) is 46.9 Å². The molecule has 0 saturated heterocycles. The van der Waals surface area contributed by atoms with Crippen molar-refractivity contribution in [2.24, 2.45) is 0 Å². The summed E-state index contributed by atoms with van der Waals surface area (Å²) < 4.78 is 0.998. The molecule has 0 radical (unpaired) electrons. The van der Waals surface area contributed by atoms with Crippen LogP contribution in [-0.2, 0) is 5.41 Å². The second kappa shape index (κ2) is 5.88. The fourth-order valence-electron chi connectivity index (χ4n) is 2.12. The molecule has 2 nitrogen and oxygen atoms in total. The lowest BCUT2D eigenvalue weighted by Crippen LogP contribution is -2.27. The van der Waals surface area contributed by atoms with Gasteiger partial charge in [-0.25, -0.2) is 0 Å². The first-order valence-corrected chi connectivity index (χ1v) is 7.54. The van der Waals surface area contributed by atoms with E-state index in [1.54, 1.807) is 0 Å². The molecule has 0 atom stereocenters. The van der Waals surface area contributed by atoms with Gasteiger partial charge < -0.3 is 11.1 Å². The zero-order chi connectivity index (χ0) is 14.8. The molecule has 0 aromatic heterocycles. The lowest BCUT2D eigenvalue weighted by atomic mass is 9.84. The summed E-state index contributed by atoms with van der Waals surface area (Å²) in [6.07, 6.45) is 0. The van der Waals surface area contributed by atoms with E-state index in [1.165, 1.54) is 11.1 Å². The maximum absolute atomic E-state index is 6.02. The molecule has 0 bridgehead atoms. The maximum atomic E-state index is 6.02. The minimum absolute atomic E-state index is 0.0488. The standard InChI is InChI=1S/C17H21BrN2/c1-12-4-6-13(7-5-12)17(2,3)11-20-16-9-8-14(18)10-15(16)19/h4-10,20H,11,19H2,1-3H3. The largest absolute Gasteiger partial charge is 0.397 e. The molecule has 0 fully saturated rings. The van der Waals surface area contributed by atoms with E-state index in [2.05, 4.69) is 66.3 Å². The molecule has 0 spiro atoms. The van der Waals surface area contributed by atoms with Gasteiger partial charge in [0.05, 0.1) is 11.4 Å². The lowest BCUT2D eigenvalue weighted by molar-refractivity contribution is 0.557. The molecule has 0 amide bonds. The fraction of sp³-hybridized carbons (Fsp3) is 0.294. The molecule has 3 N–H and O–H groups in total. The molecular weight excluding hydrogens is 312 g/mol. The quantitative estimate of drug-likeness (QED) is 0.794. The van der Waals surface area contributed by atoms with E-state index in [0.717, 1.165) is 22.4 Å². The number of benzene rings is 2. The van der Waals surface area contributed by atoms with Crippen LogP contribution in [0.4, 0.5) is 11.4 Å². The van der Waals surface area contributed by atoms with Gasteiger partial charge in [0.2, 0.25) is 0 Å². The Morgan fingerprint density at radius 1 is 1.10 bits per heavy atom. The van der Waals surface area contributed by atoms with Gasteiger partial charge in [-0.05, 0) is 30.7 Å². The third-order valence-electron chi connectivity index (χ3n) is 3.57. The highest BCUT2D eigenvalue weighted by molar-refractivity contribution is 9.10. The second-order valence-corrected chi connectivity index (χ2v) is 6.75. The molecule has 0 unspecified atom stereocenters. The number of aryl methyl sites for hydroxylation is 1. The Kier molecular flexibility index (Phi) is 4.39. The van der Waals surface area contributed by atoms with E-state index < -0.39 is 0 Å². The van der Waals surface area contributed by atoms with Crippen LogP contribution in [0.3, 0.4) is 0 Å². The highest BCUT2D eigenvalue weighted by atomic mass is 79.9. The Balaban J connectivity index is 2.10. The number of anilines is 2. The Morgan fingerprint density at radius 3 is 2.35 bits per heavy atom. The van der Waals surface area contributed by atoms with Crippen molar-refractivity contribution in [3.63, 3.8) is 0 Å². The van der Waals surface area contributed by atoms with Crippen molar-refractivity contribution < 1.29 is 0 Å². The Morgan fingerprint density at radius 2 is 1.75 bits per heavy atom. The summed E-state index contributed by atoms with van der Waals surface area (Å²) in [4.78, 5) is 0. The minimum atomic E-state index is 0.0488. The first-order valence-electron chi connectivity index (χ1n) is 6.74. The average Bonchev–Trinajstić information content (AvgIpc) is 2.38. The van der Waals surface area contributed by atoms with E-state index >= 15 is 0 Å². The van der Waals surface area contributed by atoms with Crippen molar-refractivity contribution in [3.8, 4) is 0 Å². The van der Waals surface area contributed by atoms with Crippen LogP contribution in [0.1, 0.15) is 25.0 Å². The Labute approximate surface area is 129 Å². The van der Waals surface area contributed by atoms with Gasteiger partial charge in [-0.1, -0.05) is 59.6 Å². The van der Waals surface area contributed by atoms with Crippen LogP contribution in [0, 0.1) is 6.92 Å². The summed E-state index contributed by atoms with van der Waals surface area (Å²) in [7, 11) is 0.